The fourth-order valence-electron chi connectivity index (χ4n) is 15.3. The van der Waals surface area contributed by atoms with E-state index in [-0.39, 0.29) is 143 Å². The molecule has 756 valence electrons. The van der Waals surface area contributed by atoms with Gasteiger partial charge in [-0.05, 0) is 252 Å². The molecule has 0 aromatic heterocycles. The van der Waals surface area contributed by atoms with Gasteiger partial charge in [0.15, 0.2) is 34.5 Å². The highest BCUT2D eigenvalue weighted by Crippen LogP contribution is 2.48. The van der Waals surface area contributed by atoms with Crippen molar-refractivity contribution in [2.45, 2.75) is 152 Å². The zero-order valence-corrected chi connectivity index (χ0v) is 80.4. The zero-order valence-electron chi connectivity index (χ0n) is 80.4. The van der Waals surface area contributed by atoms with Crippen molar-refractivity contribution >= 4 is 68.1 Å². The number of hydrogen-bond donors (Lipinski definition) is 0. The van der Waals surface area contributed by atoms with Crippen molar-refractivity contribution in [3.8, 4) is 69.0 Å². The van der Waals surface area contributed by atoms with Gasteiger partial charge in [-0.15, -0.1) is 0 Å². The first-order valence-electron chi connectivity index (χ1n) is 49.3. The van der Waals surface area contributed by atoms with Gasteiger partial charge in [0.25, 0.3) is 0 Å². The summed E-state index contributed by atoms with van der Waals surface area (Å²) in [6.07, 6.45) is 27.4. The van der Waals surface area contributed by atoms with E-state index in [9.17, 15) is 28.8 Å². The summed E-state index contributed by atoms with van der Waals surface area (Å²) in [5.41, 5.74) is 6.28. The Balaban J connectivity index is 0.705. The number of carbonyl (C=O) groups excluding carboxylic acids is 6. The molecule has 0 aliphatic carbocycles. The molecule has 6 unspecified atom stereocenters. The van der Waals surface area contributed by atoms with Crippen molar-refractivity contribution in [2.75, 3.05) is 119 Å². The summed E-state index contributed by atoms with van der Waals surface area (Å²) >= 11 is 0. The van der Waals surface area contributed by atoms with Crippen molar-refractivity contribution in [1.82, 2.24) is 0 Å². The van der Waals surface area contributed by atoms with Crippen molar-refractivity contribution in [3.63, 3.8) is 0 Å². The molecule has 0 N–H and O–H groups in total. The third-order valence-corrected chi connectivity index (χ3v) is 23.8. The lowest BCUT2D eigenvalue weighted by atomic mass is 9.93. The molecule has 6 aliphatic rings. The molecule has 10 aromatic carbocycles. The predicted molar refractivity (Wildman–Crippen MR) is 531 cm³/mol. The Morgan fingerprint density at radius 2 is 0.347 bits per heavy atom. The molecule has 6 saturated heterocycles. The van der Waals surface area contributed by atoms with Gasteiger partial charge in [0.1, 0.15) is 34.5 Å². The van der Waals surface area contributed by atoms with Crippen LogP contribution < -0.4 is 56.8 Å². The summed E-state index contributed by atoms with van der Waals surface area (Å²) in [5.74, 6) is -3.16. The van der Waals surface area contributed by atoms with Gasteiger partial charge in [-0.25, -0.2) is 28.8 Å². The first-order valence-corrected chi connectivity index (χ1v) is 49.3. The van der Waals surface area contributed by atoms with Crippen LogP contribution >= 0.6 is 0 Å². The van der Waals surface area contributed by atoms with Crippen LogP contribution in [-0.2, 0) is 124 Å². The second-order valence-electron chi connectivity index (χ2n) is 35.1. The predicted octanol–water partition coefficient (Wildman–Crippen LogP) is 18.6. The Morgan fingerprint density at radius 3 is 0.479 bits per heavy atom. The second-order valence-corrected chi connectivity index (χ2v) is 35.1. The van der Waals surface area contributed by atoms with E-state index in [1.54, 1.807) is 0 Å². The molecule has 10 aromatic rings. The zero-order chi connectivity index (χ0) is 98.9. The van der Waals surface area contributed by atoms with Crippen LogP contribution in [-0.4, -0.2) is 191 Å². The Morgan fingerprint density at radius 1 is 0.208 bits per heavy atom. The molecule has 30 heteroatoms. The van der Waals surface area contributed by atoms with Gasteiger partial charge in [-0.2, -0.15) is 0 Å². The second kappa shape index (κ2) is 54.7. The van der Waals surface area contributed by atoms with E-state index in [1.165, 1.54) is 74.0 Å². The number of fused-ring (bicyclic) bond motifs is 6. The minimum atomic E-state index is -0.965. The molecule has 144 heavy (non-hydrogen) atoms. The summed E-state index contributed by atoms with van der Waals surface area (Å²) in [5, 5.41) is 1.22. The average Bonchev–Trinajstić information content (AvgIpc) is 1.46. The number of benzene rings is 10. The molecule has 0 saturated carbocycles. The van der Waals surface area contributed by atoms with E-state index in [1.807, 2.05) is 146 Å². The van der Waals surface area contributed by atoms with E-state index in [4.69, 9.17) is 114 Å². The van der Waals surface area contributed by atoms with Crippen LogP contribution in [0.5, 0.6) is 69.0 Å². The van der Waals surface area contributed by atoms with E-state index >= 15 is 0 Å². The average molecular weight is 1970 g/mol. The Kier molecular flexibility index (Phi) is 39.0. The smallest absolute Gasteiger partial charge is 0.339 e. The van der Waals surface area contributed by atoms with Gasteiger partial charge in [0, 0.05) is 38.5 Å². The van der Waals surface area contributed by atoms with Gasteiger partial charge >= 0.3 is 35.8 Å². The van der Waals surface area contributed by atoms with Gasteiger partial charge in [0.05, 0.1) is 230 Å². The standard InChI is InChI=1S/C114H120O30/c115-109(43-55-121-49-1-7-79-13-25-85(26-14-79)127-61-37-91-73-133-91)139-103-67-97-98(68-104(103)140-110(116)44-56-122-50-2-8-80-15-27-86(28-16-80)128-62-38-92-74-134-92)100-70-106(142-112(118)46-58-124-52-4-10-82-19-31-88(32-20-82)130-64-40-94-76-136-94)108(144-114(120)48-60-126-54-6-12-84-23-35-90(36-24-84)132-66-42-96-78-138-96)72-102(100)101-71-107(143-113(119)47-59-125-53-5-11-83-21-33-89(34-22-83)131-65-41-95-77-137-95)105(69-99(97)101)141-111(117)45-57-123-51-3-9-81-17-29-87(30-18-81)129-63-39-93-75-135-93/h13-36,43-48,55-60,67-72,91-96H,1-12,37-42,49-54,61-66,73-78H2/b55-43+,56-44+,57-45+,58-46+,59-47+,60-48+. The fourth-order valence-corrected chi connectivity index (χ4v) is 15.3. The Bertz CT molecular complexity index is 5050. The highest BCUT2D eigenvalue weighted by molar-refractivity contribution is 6.27. The van der Waals surface area contributed by atoms with Gasteiger partial charge < -0.3 is 114 Å². The highest BCUT2D eigenvalue weighted by atomic mass is 16.6. The number of carbonyl (C=O) groups is 6. The monoisotopic (exact) mass is 1970 g/mol. The van der Waals surface area contributed by atoms with Crippen LogP contribution in [0, 0.1) is 0 Å². The SMILES string of the molecule is O=C(/C=C/OCCCc1ccc(OCCC2CO2)cc1)Oc1cc2c3cc(OC(=O)/C=C/OCCCc4ccc(OCCC5CO5)cc4)c(OC(=O)/C=C/OCCCc4ccc(OCCC5CO5)cc4)cc3c3cc(OC(=O)/C=C/OCCCc4ccc(OCCC5CO5)cc4)c(OC(=O)/C=C/OCCCc4ccc(OCCC5CO5)cc4)cc3c2cc1OC(=O)/C=C/OCCCc1ccc(OCCC2CO2)cc1. The lowest BCUT2D eigenvalue weighted by Gasteiger charge is -2.18. The molecular weight excluding hydrogens is 1850 g/mol. The molecule has 0 bridgehead atoms. The number of epoxide rings is 6. The largest absolute Gasteiger partial charge is 0.501 e. The van der Waals surface area contributed by atoms with Crippen LogP contribution in [0.15, 0.2) is 256 Å². The van der Waals surface area contributed by atoms with Crippen LogP contribution in [0.25, 0.3) is 32.3 Å². The maximum atomic E-state index is 14.4. The number of rotatable bonds is 66. The lowest BCUT2D eigenvalue weighted by molar-refractivity contribution is -0.131. The highest BCUT2D eigenvalue weighted by Gasteiger charge is 2.29. The molecule has 0 spiro atoms. The van der Waals surface area contributed by atoms with Crippen LogP contribution in [0.4, 0.5) is 0 Å². The van der Waals surface area contributed by atoms with E-state index in [2.05, 4.69) is 0 Å². The minimum Gasteiger partial charge on any atom is -0.501 e. The van der Waals surface area contributed by atoms with Crippen LogP contribution in [0.1, 0.15) is 110 Å². The molecule has 0 radical (unpaired) electrons. The maximum absolute atomic E-state index is 14.4. The van der Waals surface area contributed by atoms with Gasteiger partial charge in [0.2, 0.25) is 0 Å². The topological polar surface area (TPSA) is 344 Å². The number of ether oxygens (including phenoxy) is 24. The molecule has 16 rings (SSSR count). The quantitative estimate of drug-likeness (QED) is 0.00650. The number of esters is 6. The molecule has 0 amide bonds. The molecule has 30 nitrogen and oxygen atoms in total. The summed E-state index contributed by atoms with van der Waals surface area (Å²) in [6.45, 7) is 9.15. The number of hydrogen-bond acceptors (Lipinski definition) is 30. The maximum Gasteiger partial charge on any atom is 0.339 e. The number of aryl methyl sites for hydroxylation is 6. The first kappa shape index (κ1) is 103. The summed E-state index contributed by atoms with van der Waals surface area (Å²) < 4.78 is 139. The molecule has 6 fully saturated rings. The minimum absolute atomic E-state index is 0.203. The molecule has 6 aliphatic heterocycles. The van der Waals surface area contributed by atoms with E-state index < -0.39 is 35.8 Å². The molecule has 6 atom stereocenters. The third kappa shape index (κ3) is 36.2. The third-order valence-electron chi connectivity index (χ3n) is 23.8. The normalized spacial score (nSPS) is 16.8. The van der Waals surface area contributed by atoms with E-state index in [0.29, 0.717) is 117 Å². The van der Waals surface area contributed by atoms with Crippen LogP contribution in [0.3, 0.4) is 0 Å². The molecular formula is C114H120O30. The summed E-state index contributed by atoms with van der Waals surface area (Å²) in [7, 11) is 0. The summed E-state index contributed by atoms with van der Waals surface area (Å²) in [6, 6.07) is 55.3. The van der Waals surface area contributed by atoms with Crippen molar-refractivity contribution in [2.24, 2.45) is 0 Å². The Hall–Kier alpha value is -14.4. The lowest BCUT2D eigenvalue weighted by Crippen LogP contribution is -2.11. The summed E-state index contributed by atoms with van der Waals surface area (Å²) in [4.78, 5) is 86.4. The van der Waals surface area contributed by atoms with Crippen molar-refractivity contribution in [1.29, 1.82) is 0 Å². The fraction of sp³-hybridized carbons (Fsp3) is 0.368. The Labute approximate surface area is 835 Å². The van der Waals surface area contributed by atoms with Crippen molar-refractivity contribution in [3.05, 3.63) is 289 Å². The van der Waals surface area contributed by atoms with Crippen LogP contribution in [0.2, 0.25) is 0 Å². The van der Waals surface area contributed by atoms with E-state index in [0.717, 1.165) is 183 Å². The van der Waals surface area contributed by atoms with Gasteiger partial charge in [-0.1, -0.05) is 72.8 Å². The molecule has 6 heterocycles. The van der Waals surface area contributed by atoms with Crippen molar-refractivity contribution < 1.29 is 142 Å². The van der Waals surface area contributed by atoms with Gasteiger partial charge in [-0.3, -0.25) is 0 Å². The first-order chi connectivity index (χ1) is 70.8.